The molecule has 110 valence electrons. The summed E-state index contributed by atoms with van der Waals surface area (Å²) < 4.78 is 0. The van der Waals surface area contributed by atoms with Crippen LogP contribution in [0, 0.1) is 6.92 Å². The summed E-state index contributed by atoms with van der Waals surface area (Å²) in [4.78, 5) is 24.5. The Morgan fingerprint density at radius 2 is 1.95 bits per heavy atom. The summed E-state index contributed by atoms with van der Waals surface area (Å²) in [5.74, 6) is 0.253. The summed E-state index contributed by atoms with van der Waals surface area (Å²) in [6, 6.07) is 5.57. The maximum atomic E-state index is 12.0. The molecule has 0 saturated heterocycles. The van der Waals surface area contributed by atoms with Gasteiger partial charge in [0.05, 0.1) is 0 Å². The van der Waals surface area contributed by atoms with Crippen molar-refractivity contribution in [2.75, 3.05) is 5.32 Å². The highest BCUT2D eigenvalue weighted by Gasteiger charge is 2.11. The largest absolute Gasteiger partial charge is 0.350 e. The average molecular weight is 285 g/mol. The molecule has 0 radical (unpaired) electrons. The van der Waals surface area contributed by atoms with E-state index in [1.807, 2.05) is 32.9 Å². The van der Waals surface area contributed by atoms with Crippen molar-refractivity contribution < 1.29 is 4.79 Å². The Hall–Kier alpha value is -2.50. The van der Waals surface area contributed by atoms with Crippen LogP contribution in [0.5, 0.6) is 0 Å². The van der Waals surface area contributed by atoms with E-state index in [4.69, 9.17) is 0 Å². The van der Waals surface area contributed by atoms with Gasteiger partial charge in [-0.1, -0.05) is 0 Å². The molecular weight excluding hydrogens is 266 g/mol. The van der Waals surface area contributed by atoms with Crippen molar-refractivity contribution >= 4 is 11.9 Å². The third-order valence-corrected chi connectivity index (χ3v) is 2.71. The second-order valence-electron chi connectivity index (χ2n) is 5.06. The molecule has 2 aromatic rings. The molecule has 0 unspecified atom stereocenters. The number of pyridine rings is 1. The van der Waals surface area contributed by atoms with Gasteiger partial charge in [0, 0.05) is 30.7 Å². The van der Waals surface area contributed by atoms with Crippen molar-refractivity contribution in [3.05, 3.63) is 47.5 Å². The molecule has 6 heteroatoms. The van der Waals surface area contributed by atoms with Crippen LogP contribution in [0.4, 0.5) is 5.95 Å². The van der Waals surface area contributed by atoms with Gasteiger partial charge < -0.3 is 10.6 Å². The number of nitrogens with one attached hydrogen (secondary N) is 2. The SMILES string of the molecule is Cc1cc(C(=O)NC(C)C)nc(NCc2ccncc2)n1. The molecule has 1 amide bonds. The molecule has 6 nitrogen and oxygen atoms in total. The number of aromatic nitrogens is 3. The van der Waals surface area contributed by atoms with Gasteiger partial charge in [0.25, 0.3) is 5.91 Å². The van der Waals surface area contributed by atoms with Gasteiger partial charge in [-0.3, -0.25) is 9.78 Å². The summed E-state index contributed by atoms with van der Waals surface area (Å²) in [7, 11) is 0. The lowest BCUT2D eigenvalue weighted by Crippen LogP contribution is -2.31. The minimum Gasteiger partial charge on any atom is -0.350 e. The number of anilines is 1. The summed E-state index contributed by atoms with van der Waals surface area (Å²) in [6.07, 6.45) is 3.46. The van der Waals surface area contributed by atoms with Gasteiger partial charge in [-0.25, -0.2) is 9.97 Å². The number of aryl methyl sites for hydroxylation is 1. The molecule has 2 aromatic heterocycles. The number of nitrogens with zero attached hydrogens (tertiary/aromatic N) is 3. The number of hydrogen-bond donors (Lipinski definition) is 2. The second kappa shape index (κ2) is 6.78. The van der Waals surface area contributed by atoms with Crippen LogP contribution in [-0.4, -0.2) is 26.9 Å². The Morgan fingerprint density at radius 1 is 1.24 bits per heavy atom. The van der Waals surface area contributed by atoms with Crippen LogP contribution in [0.25, 0.3) is 0 Å². The van der Waals surface area contributed by atoms with Gasteiger partial charge in [0.15, 0.2) is 0 Å². The molecule has 2 heterocycles. The molecule has 0 spiro atoms. The van der Waals surface area contributed by atoms with Gasteiger partial charge >= 0.3 is 0 Å². The molecule has 0 aliphatic carbocycles. The molecule has 0 atom stereocenters. The van der Waals surface area contributed by atoms with Crippen molar-refractivity contribution in [3.63, 3.8) is 0 Å². The maximum Gasteiger partial charge on any atom is 0.270 e. The lowest BCUT2D eigenvalue weighted by atomic mass is 10.3. The Labute approximate surface area is 124 Å². The van der Waals surface area contributed by atoms with Crippen LogP contribution in [0.3, 0.4) is 0 Å². The zero-order valence-electron chi connectivity index (χ0n) is 12.4. The first-order chi connectivity index (χ1) is 10.0. The highest BCUT2D eigenvalue weighted by atomic mass is 16.1. The van der Waals surface area contributed by atoms with Crippen LogP contribution in [0.2, 0.25) is 0 Å². The average Bonchev–Trinajstić information content (AvgIpc) is 2.45. The standard InChI is InChI=1S/C15H19N5O/c1-10(2)18-14(21)13-8-11(3)19-15(20-13)17-9-12-4-6-16-7-5-12/h4-8,10H,9H2,1-3H3,(H,18,21)(H,17,19,20). The van der Waals surface area contributed by atoms with Crippen LogP contribution in [-0.2, 0) is 6.54 Å². The first-order valence-corrected chi connectivity index (χ1v) is 6.84. The van der Waals surface area contributed by atoms with Crippen LogP contribution >= 0.6 is 0 Å². The first kappa shape index (κ1) is 14.9. The van der Waals surface area contributed by atoms with Gasteiger partial charge in [0.2, 0.25) is 5.95 Å². The van der Waals surface area contributed by atoms with Crippen LogP contribution in [0.1, 0.15) is 35.6 Å². The van der Waals surface area contributed by atoms with Gasteiger partial charge in [-0.15, -0.1) is 0 Å². The van der Waals surface area contributed by atoms with Crippen molar-refractivity contribution in [2.24, 2.45) is 0 Å². The van der Waals surface area contributed by atoms with Crippen molar-refractivity contribution in [2.45, 2.75) is 33.4 Å². The zero-order chi connectivity index (χ0) is 15.2. The Bertz CT molecular complexity index is 613. The smallest absolute Gasteiger partial charge is 0.270 e. The molecule has 2 rings (SSSR count). The van der Waals surface area contributed by atoms with Gasteiger partial charge in [-0.2, -0.15) is 0 Å². The number of carbonyl (C=O) groups is 1. The molecule has 0 bridgehead atoms. The summed E-state index contributed by atoms with van der Waals surface area (Å²) >= 11 is 0. The van der Waals surface area contributed by atoms with E-state index >= 15 is 0 Å². The minimum atomic E-state index is -0.192. The lowest BCUT2D eigenvalue weighted by Gasteiger charge is -2.10. The second-order valence-corrected chi connectivity index (χ2v) is 5.06. The van der Waals surface area contributed by atoms with E-state index < -0.39 is 0 Å². The van der Waals surface area contributed by atoms with E-state index in [9.17, 15) is 4.79 Å². The Balaban J connectivity index is 2.10. The molecule has 2 N–H and O–H groups in total. The number of carbonyl (C=O) groups excluding carboxylic acids is 1. The van der Waals surface area contributed by atoms with Crippen LogP contribution in [0.15, 0.2) is 30.6 Å². The summed E-state index contributed by atoms with van der Waals surface area (Å²) in [5, 5.41) is 5.94. The zero-order valence-corrected chi connectivity index (χ0v) is 12.4. The fourth-order valence-corrected chi connectivity index (χ4v) is 1.78. The number of hydrogen-bond acceptors (Lipinski definition) is 5. The Morgan fingerprint density at radius 3 is 2.62 bits per heavy atom. The monoisotopic (exact) mass is 285 g/mol. The third kappa shape index (κ3) is 4.52. The Kier molecular flexibility index (Phi) is 4.81. The van der Waals surface area contributed by atoms with E-state index in [-0.39, 0.29) is 11.9 Å². The fraction of sp³-hybridized carbons (Fsp3) is 0.333. The maximum absolute atomic E-state index is 12.0. The van der Waals surface area contributed by atoms with E-state index in [0.717, 1.165) is 11.3 Å². The molecule has 0 saturated carbocycles. The van der Waals surface area contributed by atoms with E-state index in [1.54, 1.807) is 18.5 Å². The van der Waals surface area contributed by atoms with Gasteiger partial charge in [0.1, 0.15) is 5.69 Å². The number of amides is 1. The van der Waals surface area contributed by atoms with Gasteiger partial charge in [-0.05, 0) is 44.5 Å². The predicted molar refractivity (Wildman–Crippen MR) is 80.9 cm³/mol. The topological polar surface area (TPSA) is 79.8 Å². The van der Waals surface area contributed by atoms with E-state index in [2.05, 4.69) is 25.6 Å². The van der Waals surface area contributed by atoms with Crippen molar-refractivity contribution in [1.82, 2.24) is 20.3 Å². The molecular formula is C15H19N5O. The molecule has 21 heavy (non-hydrogen) atoms. The quantitative estimate of drug-likeness (QED) is 0.877. The van der Waals surface area contributed by atoms with E-state index in [1.165, 1.54) is 0 Å². The fourth-order valence-electron chi connectivity index (χ4n) is 1.78. The molecule has 0 fully saturated rings. The molecule has 0 aromatic carbocycles. The molecule has 0 aliphatic rings. The minimum absolute atomic E-state index is 0.0704. The highest BCUT2D eigenvalue weighted by molar-refractivity contribution is 5.92. The first-order valence-electron chi connectivity index (χ1n) is 6.84. The lowest BCUT2D eigenvalue weighted by molar-refractivity contribution is 0.0938. The normalized spacial score (nSPS) is 10.5. The molecule has 0 aliphatic heterocycles. The highest BCUT2D eigenvalue weighted by Crippen LogP contribution is 2.07. The van der Waals surface area contributed by atoms with Crippen molar-refractivity contribution in [3.8, 4) is 0 Å². The predicted octanol–water partition coefficient (Wildman–Crippen LogP) is 1.93. The summed E-state index contributed by atoms with van der Waals surface area (Å²) in [6.45, 7) is 6.24. The van der Waals surface area contributed by atoms with Crippen molar-refractivity contribution in [1.29, 1.82) is 0 Å². The summed E-state index contributed by atoms with van der Waals surface area (Å²) in [5.41, 5.74) is 2.19. The van der Waals surface area contributed by atoms with E-state index in [0.29, 0.717) is 18.2 Å². The number of rotatable bonds is 5. The third-order valence-electron chi connectivity index (χ3n) is 2.71. The van der Waals surface area contributed by atoms with Crippen LogP contribution < -0.4 is 10.6 Å².